The topological polar surface area (TPSA) is 105 Å². The molecule has 0 saturated carbocycles. The highest BCUT2D eigenvalue weighted by molar-refractivity contribution is 5.70. The van der Waals surface area contributed by atoms with Gasteiger partial charge in [-0.05, 0) is 17.5 Å². The van der Waals surface area contributed by atoms with Gasteiger partial charge in [0.15, 0.2) is 0 Å². The molecule has 2 aromatic carbocycles. The van der Waals surface area contributed by atoms with Gasteiger partial charge in [0.25, 0.3) is 0 Å². The normalized spacial score (nSPS) is 14.1. The average Bonchev–Trinajstić information content (AvgIpc) is 3.46. The van der Waals surface area contributed by atoms with Crippen molar-refractivity contribution in [3.63, 3.8) is 0 Å². The van der Waals surface area contributed by atoms with Crippen molar-refractivity contribution in [2.24, 2.45) is 0 Å². The number of nitrogens with zero attached hydrogens (tertiary/aromatic N) is 7. The molecule has 1 aliphatic rings. The van der Waals surface area contributed by atoms with Crippen LogP contribution in [0.4, 0.5) is 17.3 Å². The van der Waals surface area contributed by atoms with Gasteiger partial charge in [0.1, 0.15) is 6.33 Å². The minimum Gasteiger partial charge on any atom is -0.364 e. The van der Waals surface area contributed by atoms with Crippen LogP contribution in [0.15, 0.2) is 85.7 Å². The summed E-state index contributed by atoms with van der Waals surface area (Å²) in [6.07, 6.45) is 7.57. The predicted molar refractivity (Wildman–Crippen MR) is 143 cm³/mol. The quantitative estimate of drug-likeness (QED) is 0.199. The van der Waals surface area contributed by atoms with Gasteiger partial charge >= 0.3 is 5.69 Å². The lowest BCUT2D eigenvalue weighted by Gasteiger charge is -2.40. The summed E-state index contributed by atoms with van der Waals surface area (Å²) in [4.78, 5) is 28.7. The zero-order valence-corrected chi connectivity index (χ0v) is 20.6. The third-order valence-corrected chi connectivity index (χ3v) is 6.64. The second kappa shape index (κ2) is 11.6. The van der Waals surface area contributed by atoms with Crippen molar-refractivity contribution >= 4 is 17.3 Å². The molecule has 4 aromatic rings. The van der Waals surface area contributed by atoms with Crippen molar-refractivity contribution in [3.05, 3.63) is 107 Å². The molecule has 37 heavy (non-hydrogen) atoms. The molecule has 10 heteroatoms. The number of benzene rings is 2. The largest absolute Gasteiger partial charge is 0.364 e. The summed E-state index contributed by atoms with van der Waals surface area (Å²) in [7, 11) is 0. The molecule has 5 rings (SSSR count). The Morgan fingerprint density at radius 2 is 1.62 bits per heavy atom. The molecule has 1 fully saturated rings. The minimum atomic E-state index is -0.378. The standard InChI is InChI=1S/C27H30N8O2/c36-35(37)25-26(29-12-7-14-32-15-13-28-21-32)30-20-31-27(25)34-18-16-33(17-19-34)24(22-8-3-1-4-9-22)23-10-5-2-6-11-23/h1-6,8-11,13,15,20-21,24H,7,12,14,16-19H2,(H,29,30,31). The Balaban J connectivity index is 1.29. The van der Waals surface area contributed by atoms with E-state index in [1.54, 1.807) is 12.5 Å². The lowest BCUT2D eigenvalue weighted by atomic mass is 9.96. The van der Waals surface area contributed by atoms with E-state index in [4.69, 9.17) is 0 Å². The number of aryl methyl sites for hydroxylation is 1. The van der Waals surface area contributed by atoms with Gasteiger partial charge in [-0.25, -0.2) is 15.0 Å². The molecule has 0 aliphatic carbocycles. The fourth-order valence-corrected chi connectivity index (χ4v) is 4.86. The van der Waals surface area contributed by atoms with Crippen LogP contribution in [0.5, 0.6) is 0 Å². The van der Waals surface area contributed by atoms with Gasteiger partial charge in [0.05, 0.1) is 17.3 Å². The minimum absolute atomic E-state index is 0.0683. The number of aromatic nitrogens is 4. The fourth-order valence-electron chi connectivity index (χ4n) is 4.86. The molecule has 3 heterocycles. The smallest absolute Gasteiger partial charge is 0.353 e. The van der Waals surface area contributed by atoms with E-state index in [0.717, 1.165) is 26.1 Å². The maximum absolute atomic E-state index is 12.1. The van der Waals surface area contributed by atoms with Gasteiger partial charge in [-0.15, -0.1) is 0 Å². The van der Waals surface area contributed by atoms with Crippen molar-refractivity contribution in [2.75, 3.05) is 42.9 Å². The summed E-state index contributed by atoms with van der Waals surface area (Å²) < 4.78 is 1.97. The van der Waals surface area contributed by atoms with Crippen LogP contribution < -0.4 is 10.2 Å². The van der Waals surface area contributed by atoms with Gasteiger partial charge in [0.2, 0.25) is 11.6 Å². The van der Waals surface area contributed by atoms with Crippen molar-refractivity contribution < 1.29 is 4.92 Å². The number of anilines is 2. The maximum Gasteiger partial charge on any atom is 0.353 e. The zero-order chi connectivity index (χ0) is 25.5. The Morgan fingerprint density at radius 3 is 2.22 bits per heavy atom. The summed E-state index contributed by atoms with van der Waals surface area (Å²) >= 11 is 0. The molecule has 2 aromatic heterocycles. The van der Waals surface area contributed by atoms with E-state index in [1.165, 1.54) is 17.5 Å². The average molecular weight is 499 g/mol. The molecule has 0 radical (unpaired) electrons. The predicted octanol–water partition coefficient (Wildman–Crippen LogP) is 4.00. The Kier molecular flexibility index (Phi) is 7.66. The van der Waals surface area contributed by atoms with Crippen LogP contribution in [-0.4, -0.2) is 62.1 Å². The van der Waals surface area contributed by atoms with E-state index in [2.05, 4.69) is 73.7 Å². The second-order valence-electron chi connectivity index (χ2n) is 8.98. The number of nitrogens with one attached hydrogen (secondary N) is 1. The number of hydrogen-bond acceptors (Lipinski definition) is 8. The number of hydrogen-bond donors (Lipinski definition) is 1. The SMILES string of the molecule is O=[N+]([O-])c1c(NCCCn2ccnc2)ncnc1N1CCN(C(c2ccccc2)c2ccccc2)CC1. The molecule has 1 saturated heterocycles. The molecule has 0 amide bonds. The summed E-state index contributed by atoms with van der Waals surface area (Å²) in [5.41, 5.74) is 2.40. The molecule has 0 atom stereocenters. The first kappa shape index (κ1) is 24.4. The maximum atomic E-state index is 12.1. The summed E-state index contributed by atoms with van der Waals surface area (Å²) in [5, 5.41) is 15.2. The Labute approximate surface area is 215 Å². The molecule has 1 N–H and O–H groups in total. The highest BCUT2D eigenvalue weighted by atomic mass is 16.6. The monoisotopic (exact) mass is 498 g/mol. The zero-order valence-electron chi connectivity index (χ0n) is 20.6. The van der Waals surface area contributed by atoms with Crippen molar-refractivity contribution in [1.82, 2.24) is 24.4 Å². The lowest BCUT2D eigenvalue weighted by molar-refractivity contribution is -0.383. The van der Waals surface area contributed by atoms with Crippen LogP contribution in [0.3, 0.4) is 0 Å². The molecule has 0 bridgehead atoms. The highest BCUT2D eigenvalue weighted by Gasteiger charge is 2.31. The fraction of sp³-hybridized carbons (Fsp3) is 0.296. The van der Waals surface area contributed by atoms with Crippen LogP contribution in [-0.2, 0) is 6.54 Å². The Hall–Kier alpha value is -4.31. The van der Waals surface area contributed by atoms with Crippen molar-refractivity contribution in [3.8, 4) is 0 Å². The van der Waals surface area contributed by atoms with E-state index in [9.17, 15) is 10.1 Å². The van der Waals surface area contributed by atoms with Crippen LogP contribution in [0, 0.1) is 10.1 Å². The molecule has 0 spiro atoms. The van der Waals surface area contributed by atoms with Crippen LogP contribution in [0.25, 0.3) is 0 Å². The Bertz CT molecular complexity index is 1240. The molecule has 190 valence electrons. The van der Waals surface area contributed by atoms with Crippen molar-refractivity contribution in [1.29, 1.82) is 0 Å². The molecular formula is C27H30N8O2. The first-order valence-electron chi connectivity index (χ1n) is 12.5. The summed E-state index contributed by atoms with van der Waals surface area (Å²) in [6.45, 7) is 4.10. The second-order valence-corrected chi connectivity index (χ2v) is 8.98. The van der Waals surface area contributed by atoms with Gasteiger partial charge < -0.3 is 14.8 Å². The van der Waals surface area contributed by atoms with Crippen LogP contribution >= 0.6 is 0 Å². The van der Waals surface area contributed by atoms with Gasteiger partial charge in [0, 0.05) is 51.7 Å². The lowest BCUT2D eigenvalue weighted by Crippen LogP contribution is -2.48. The number of nitro groups is 1. The van der Waals surface area contributed by atoms with E-state index < -0.39 is 0 Å². The van der Waals surface area contributed by atoms with Crippen molar-refractivity contribution in [2.45, 2.75) is 19.0 Å². The number of rotatable bonds is 10. The van der Waals surface area contributed by atoms with Crippen LogP contribution in [0.2, 0.25) is 0 Å². The highest BCUT2D eigenvalue weighted by Crippen LogP contribution is 2.34. The third kappa shape index (κ3) is 5.75. The summed E-state index contributed by atoms with van der Waals surface area (Å²) in [6, 6.07) is 21.1. The number of imidazole rings is 1. The third-order valence-electron chi connectivity index (χ3n) is 6.64. The first-order valence-corrected chi connectivity index (χ1v) is 12.5. The van der Waals surface area contributed by atoms with Crippen LogP contribution in [0.1, 0.15) is 23.6 Å². The molecule has 10 nitrogen and oxygen atoms in total. The molecule has 1 aliphatic heterocycles. The number of piperazine rings is 1. The van der Waals surface area contributed by atoms with Gasteiger partial charge in [-0.1, -0.05) is 60.7 Å². The van der Waals surface area contributed by atoms with Gasteiger partial charge in [-0.2, -0.15) is 0 Å². The van der Waals surface area contributed by atoms with E-state index >= 15 is 0 Å². The summed E-state index contributed by atoms with van der Waals surface area (Å²) in [5.74, 6) is 0.627. The van der Waals surface area contributed by atoms with E-state index in [1.807, 2.05) is 27.8 Å². The Morgan fingerprint density at radius 1 is 0.946 bits per heavy atom. The molecular weight excluding hydrogens is 468 g/mol. The first-order chi connectivity index (χ1) is 18.2. The molecule has 0 unspecified atom stereocenters. The van der Waals surface area contributed by atoms with Gasteiger partial charge in [-0.3, -0.25) is 15.0 Å². The van der Waals surface area contributed by atoms with E-state index in [-0.39, 0.29) is 22.5 Å². The van der Waals surface area contributed by atoms with E-state index in [0.29, 0.717) is 25.5 Å².